The van der Waals surface area contributed by atoms with Gasteiger partial charge in [-0.25, -0.2) is 0 Å². The largest absolute Gasteiger partial charge is 0.355 e. The number of rotatable bonds is 6. The molecule has 110 valence electrons. The van der Waals surface area contributed by atoms with Crippen molar-refractivity contribution in [3.05, 3.63) is 11.8 Å². The van der Waals surface area contributed by atoms with E-state index in [1.54, 1.807) is 0 Å². The molecular formula is C14H22N4O2. The van der Waals surface area contributed by atoms with Gasteiger partial charge in [-0.3, -0.25) is 14.7 Å². The highest BCUT2D eigenvalue weighted by Gasteiger charge is 2.38. The molecule has 2 amide bonds. The number of H-pyrrole nitrogens is 1. The second-order valence-corrected chi connectivity index (χ2v) is 5.77. The van der Waals surface area contributed by atoms with Crippen molar-refractivity contribution >= 4 is 17.6 Å². The Labute approximate surface area is 118 Å². The van der Waals surface area contributed by atoms with Gasteiger partial charge in [-0.1, -0.05) is 20.8 Å². The number of aromatic nitrogens is 2. The number of hydrogen-bond acceptors (Lipinski definition) is 3. The van der Waals surface area contributed by atoms with Crippen LogP contribution in [0.25, 0.3) is 0 Å². The molecule has 3 N–H and O–H groups in total. The Morgan fingerprint density at radius 3 is 2.75 bits per heavy atom. The summed E-state index contributed by atoms with van der Waals surface area (Å²) in [5.74, 6) is 1.43. The highest BCUT2D eigenvalue weighted by atomic mass is 16.2. The monoisotopic (exact) mass is 278 g/mol. The molecule has 1 aliphatic rings. The van der Waals surface area contributed by atoms with Crippen molar-refractivity contribution in [3.8, 4) is 0 Å². The van der Waals surface area contributed by atoms with E-state index in [4.69, 9.17) is 0 Å². The van der Waals surface area contributed by atoms with E-state index in [2.05, 4.69) is 27.8 Å². The molecule has 0 spiro atoms. The summed E-state index contributed by atoms with van der Waals surface area (Å²) in [5, 5.41) is 12.4. The summed E-state index contributed by atoms with van der Waals surface area (Å²) in [4.78, 5) is 23.3. The first-order valence-corrected chi connectivity index (χ1v) is 7.10. The Bertz CT molecular complexity index is 495. The first-order valence-electron chi connectivity index (χ1n) is 7.10. The van der Waals surface area contributed by atoms with Gasteiger partial charge in [0.25, 0.3) is 0 Å². The summed E-state index contributed by atoms with van der Waals surface area (Å²) in [6, 6.07) is 1.83. The molecule has 1 aliphatic carbocycles. The molecule has 2 unspecified atom stereocenters. The average Bonchev–Trinajstić information content (AvgIpc) is 2.92. The molecule has 1 heterocycles. The Balaban J connectivity index is 1.68. The lowest BCUT2D eigenvalue weighted by Gasteiger charge is -2.04. The zero-order chi connectivity index (χ0) is 14.7. The molecule has 2 atom stereocenters. The number of carbonyl (C=O) groups is 2. The molecule has 0 saturated heterocycles. The van der Waals surface area contributed by atoms with E-state index in [0.29, 0.717) is 24.2 Å². The number of nitrogens with zero attached hydrogens (tertiary/aromatic N) is 1. The fraction of sp³-hybridized carbons (Fsp3) is 0.643. The van der Waals surface area contributed by atoms with E-state index in [9.17, 15) is 9.59 Å². The minimum Gasteiger partial charge on any atom is -0.355 e. The third-order valence-corrected chi connectivity index (χ3v) is 3.58. The summed E-state index contributed by atoms with van der Waals surface area (Å²) in [5.41, 5.74) is 0.983. The lowest BCUT2D eigenvalue weighted by Crippen LogP contribution is -2.29. The minimum atomic E-state index is -0.143. The summed E-state index contributed by atoms with van der Waals surface area (Å²) >= 11 is 0. The van der Waals surface area contributed by atoms with Crippen LogP contribution in [-0.2, 0) is 9.59 Å². The zero-order valence-electron chi connectivity index (χ0n) is 12.2. The Morgan fingerprint density at radius 2 is 2.20 bits per heavy atom. The SMILES string of the molecule is CC(C)c1cc(NC(=O)CCNC(=O)C2CC2C)n[nH]1. The standard InChI is InChI=1S/C14H22N4O2/c1-8(2)11-7-12(18-17-11)16-13(19)4-5-15-14(20)10-6-9(10)3/h7-10H,4-6H2,1-3H3,(H,15,20)(H2,16,17,18,19). The number of amides is 2. The maximum Gasteiger partial charge on any atom is 0.227 e. The second-order valence-electron chi connectivity index (χ2n) is 5.77. The van der Waals surface area contributed by atoms with E-state index < -0.39 is 0 Å². The number of hydrogen-bond donors (Lipinski definition) is 3. The van der Waals surface area contributed by atoms with Gasteiger partial charge in [0, 0.05) is 30.6 Å². The van der Waals surface area contributed by atoms with Gasteiger partial charge in [0.05, 0.1) is 0 Å². The molecule has 0 bridgehead atoms. The van der Waals surface area contributed by atoms with Crippen LogP contribution in [0.3, 0.4) is 0 Å². The van der Waals surface area contributed by atoms with E-state index >= 15 is 0 Å². The lowest BCUT2D eigenvalue weighted by atomic mass is 10.1. The van der Waals surface area contributed by atoms with E-state index in [0.717, 1.165) is 12.1 Å². The number of anilines is 1. The second kappa shape index (κ2) is 6.07. The van der Waals surface area contributed by atoms with Gasteiger partial charge in [0.15, 0.2) is 5.82 Å². The smallest absolute Gasteiger partial charge is 0.227 e. The molecule has 2 rings (SSSR count). The quantitative estimate of drug-likeness (QED) is 0.739. The van der Waals surface area contributed by atoms with E-state index in [1.165, 1.54) is 0 Å². The minimum absolute atomic E-state index is 0.0622. The van der Waals surface area contributed by atoms with E-state index in [-0.39, 0.29) is 24.2 Å². The van der Waals surface area contributed by atoms with Crippen molar-refractivity contribution in [1.82, 2.24) is 15.5 Å². The van der Waals surface area contributed by atoms with Crippen LogP contribution >= 0.6 is 0 Å². The van der Waals surface area contributed by atoms with Crippen LogP contribution in [0, 0.1) is 11.8 Å². The number of aromatic amines is 1. The molecule has 6 nitrogen and oxygen atoms in total. The Kier molecular flexibility index (Phi) is 4.42. The number of carbonyl (C=O) groups excluding carboxylic acids is 2. The predicted molar refractivity (Wildman–Crippen MR) is 76.2 cm³/mol. The van der Waals surface area contributed by atoms with Gasteiger partial charge in [0.1, 0.15) is 0 Å². The van der Waals surface area contributed by atoms with Gasteiger partial charge < -0.3 is 10.6 Å². The van der Waals surface area contributed by atoms with Gasteiger partial charge in [0.2, 0.25) is 11.8 Å². The maximum atomic E-state index is 11.7. The summed E-state index contributed by atoms with van der Waals surface area (Å²) < 4.78 is 0. The van der Waals surface area contributed by atoms with Crippen molar-refractivity contribution in [3.63, 3.8) is 0 Å². The van der Waals surface area contributed by atoms with Crippen LogP contribution in [-0.4, -0.2) is 28.6 Å². The normalized spacial score (nSPS) is 20.8. The first kappa shape index (κ1) is 14.6. The van der Waals surface area contributed by atoms with Crippen LogP contribution in [0.2, 0.25) is 0 Å². The summed E-state index contributed by atoms with van der Waals surface area (Å²) in [6.07, 6.45) is 1.22. The zero-order valence-corrected chi connectivity index (χ0v) is 12.2. The average molecular weight is 278 g/mol. The van der Waals surface area contributed by atoms with Crippen molar-refractivity contribution in [2.24, 2.45) is 11.8 Å². The third kappa shape index (κ3) is 3.82. The van der Waals surface area contributed by atoms with Crippen LogP contribution < -0.4 is 10.6 Å². The van der Waals surface area contributed by atoms with Crippen molar-refractivity contribution < 1.29 is 9.59 Å². The fourth-order valence-corrected chi connectivity index (χ4v) is 2.02. The molecule has 1 fully saturated rings. The predicted octanol–water partition coefficient (Wildman–Crippen LogP) is 1.63. The third-order valence-electron chi connectivity index (χ3n) is 3.58. The molecule has 1 aromatic heterocycles. The van der Waals surface area contributed by atoms with Crippen LogP contribution in [0.5, 0.6) is 0 Å². The van der Waals surface area contributed by atoms with Gasteiger partial charge in [-0.15, -0.1) is 0 Å². The molecule has 1 aromatic rings. The van der Waals surface area contributed by atoms with Gasteiger partial charge in [-0.05, 0) is 18.3 Å². The highest BCUT2D eigenvalue weighted by molar-refractivity contribution is 5.90. The van der Waals surface area contributed by atoms with E-state index in [1.807, 2.05) is 19.9 Å². The van der Waals surface area contributed by atoms with Gasteiger partial charge in [-0.2, -0.15) is 5.10 Å². The van der Waals surface area contributed by atoms with Crippen molar-refractivity contribution in [2.75, 3.05) is 11.9 Å². The molecule has 20 heavy (non-hydrogen) atoms. The van der Waals surface area contributed by atoms with Crippen molar-refractivity contribution in [1.29, 1.82) is 0 Å². The van der Waals surface area contributed by atoms with Crippen LogP contribution in [0.1, 0.15) is 45.2 Å². The van der Waals surface area contributed by atoms with Crippen LogP contribution in [0.15, 0.2) is 6.07 Å². The maximum absolute atomic E-state index is 11.7. The fourth-order valence-electron chi connectivity index (χ4n) is 2.02. The molecule has 0 aromatic carbocycles. The first-order chi connectivity index (χ1) is 9.47. The van der Waals surface area contributed by atoms with Crippen LogP contribution in [0.4, 0.5) is 5.82 Å². The number of nitrogens with one attached hydrogen (secondary N) is 3. The molecular weight excluding hydrogens is 256 g/mol. The highest BCUT2D eigenvalue weighted by Crippen LogP contribution is 2.37. The summed E-state index contributed by atoms with van der Waals surface area (Å²) in [7, 11) is 0. The molecule has 0 radical (unpaired) electrons. The molecule has 6 heteroatoms. The summed E-state index contributed by atoms with van der Waals surface area (Å²) in [6.45, 7) is 6.53. The topological polar surface area (TPSA) is 86.9 Å². The molecule has 1 saturated carbocycles. The molecule has 0 aliphatic heterocycles. The van der Waals surface area contributed by atoms with Gasteiger partial charge >= 0.3 is 0 Å². The Hall–Kier alpha value is -1.85. The lowest BCUT2D eigenvalue weighted by molar-refractivity contribution is -0.122. The Morgan fingerprint density at radius 1 is 1.50 bits per heavy atom. The van der Waals surface area contributed by atoms with Crippen molar-refractivity contribution in [2.45, 2.75) is 39.5 Å².